The number of rotatable bonds is 9. The maximum Gasteiger partial charge on any atom is 0.191 e. The number of benzene rings is 1. The lowest BCUT2D eigenvalue weighted by Crippen LogP contribution is -2.47. The molecule has 33 heavy (non-hydrogen) atoms. The molecule has 0 saturated carbocycles. The van der Waals surface area contributed by atoms with E-state index in [4.69, 9.17) is 14.2 Å². The second kappa shape index (κ2) is 14.9. The molecule has 3 rings (SSSR count). The van der Waals surface area contributed by atoms with Crippen molar-refractivity contribution in [3.8, 4) is 11.5 Å². The van der Waals surface area contributed by atoms with Crippen molar-refractivity contribution in [2.75, 3.05) is 80.3 Å². The molecule has 0 aromatic heterocycles. The summed E-state index contributed by atoms with van der Waals surface area (Å²) in [6.45, 7) is 10.8. The first-order chi connectivity index (χ1) is 15.6. The minimum Gasteiger partial charge on any atom is -0.493 e. The minimum absolute atomic E-state index is 0. The highest BCUT2D eigenvalue weighted by molar-refractivity contribution is 14.0. The number of nitrogens with zero attached hydrogens (tertiary/aromatic N) is 3. The second-order valence-electron chi connectivity index (χ2n) is 8.68. The fraction of sp³-hybridized carbons (Fsp3) is 0.708. The van der Waals surface area contributed by atoms with Crippen molar-refractivity contribution in [1.29, 1.82) is 0 Å². The second-order valence-corrected chi connectivity index (χ2v) is 8.68. The average molecular weight is 576 g/mol. The van der Waals surface area contributed by atoms with Crippen molar-refractivity contribution in [2.24, 2.45) is 10.9 Å². The van der Waals surface area contributed by atoms with Gasteiger partial charge in [-0.15, -0.1) is 24.0 Å². The topological polar surface area (TPSA) is 70.6 Å². The molecule has 1 unspecified atom stereocenters. The summed E-state index contributed by atoms with van der Waals surface area (Å²) in [5.41, 5.74) is 1.19. The molecule has 2 fully saturated rings. The van der Waals surface area contributed by atoms with Crippen LogP contribution in [0.2, 0.25) is 0 Å². The number of hydrogen-bond donors (Lipinski definition) is 2. The summed E-state index contributed by atoms with van der Waals surface area (Å²) in [4.78, 5) is 9.44. The van der Waals surface area contributed by atoms with Crippen LogP contribution in [0.5, 0.6) is 11.5 Å². The maximum atomic E-state index is 5.58. The van der Waals surface area contributed by atoms with E-state index >= 15 is 0 Å². The largest absolute Gasteiger partial charge is 0.493 e. The fourth-order valence-corrected chi connectivity index (χ4v) is 4.44. The van der Waals surface area contributed by atoms with E-state index in [-0.39, 0.29) is 30.0 Å². The molecule has 9 heteroatoms. The molecule has 0 radical (unpaired) electrons. The van der Waals surface area contributed by atoms with Crippen molar-refractivity contribution in [2.45, 2.75) is 25.8 Å². The number of nitrogens with one attached hydrogen (secondary N) is 2. The van der Waals surface area contributed by atoms with Gasteiger partial charge >= 0.3 is 0 Å². The number of ether oxygens (including phenoxy) is 3. The molecular weight excluding hydrogens is 533 g/mol. The Bertz CT molecular complexity index is 722. The third-order valence-electron chi connectivity index (χ3n) is 6.56. The Morgan fingerprint density at radius 2 is 1.79 bits per heavy atom. The lowest BCUT2D eigenvalue weighted by molar-refractivity contribution is 0.0169. The van der Waals surface area contributed by atoms with Gasteiger partial charge in [0.05, 0.1) is 33.5 Å². The highest BCUT2D eigenvalue weighted by Crippen LogP contribution is 2.32. The Labute approximate surface area is 216 Å². The molecule has 2 heterocycles. The summed E-state index contributed by atoms with van der Waals surface area (Å²) < 4.78 is 16.6. The molecule has 1 atom stereocenters. The van der Waals surface area contributed by atoms with Gasteiger partial charge in [0, 0.05) is 39.8 Å². The number of likely N-dealkylation sites (tertiary alicyclic amines) is 1. The molecular formula is C24H42IN5O3. The Morgan fingerprint density at radius 3 is 2.42 bits per heavy atom. The van der Waals surface area contributed by atoms with Crippen LogP contribution < -0.4 is 20.1 Å². The normalized spacial score (nSPS) is 19.5. The SMILES string of the molecule is CN=C(NCCN1CCC(C)CC1)NCC(c1ccc(OC)c(OC)c1)N1CCOCC1.I. The fourth-order valence-electron chi connectivity index (χ4n) is 4.44. The highest BCUT2D eigenvalue weighted by Gasteiger charge is 2.24. The van der Waals surface area contributed by atoms with Crippen LogP contribution in [0.1, 0.15) is 31.4 Å². The Morgan fingerprint density at radius 1 is 1.09 bits per heavy atom. The predicted molar refractivity (Wildman–Crippen MR) is 144 cm³/mol. The van der Waals surface area contributed by atoms with Gasteiger partial charge in [-0.2, -0.15) is 0 Å². The summed E-state index contributed by atoms with van der Waals surface area (Å²) in [7, 11) is 5.18. The van der Waals surface area contributed by atoms with E-state index in [0.717, 1.165) is 69.3 Å². The average Bonchev–Trinajstić information content (AvgIpc) is 2.84. The van der Waals surface area contributed by atoms with E-state index < -0.39 is 0 Å². The summed E-state index contributed by atoms with van der Waals surface area (Å²) in [5.74, 6) is 3.20. The minimum atomic E-state index is 0. The molecule has 8 nitrogen and oxygen atoms in total. The first-order valence-electron chi connectivity index (χ1n) is 11.8. The van der Waals surface area contributed by atoms with Gasteiger partial charge in [-0.1, -0.05) is 13.0 Å². The van der Waals surface area contributed by atoms with E-state index in [9.17, 15) is 0 Å². The number of aliphatic imine (C=N–C) groups is 1. The quantitative estimate of drug-likeness (QED) is 0.267. The molecule has 1 aromatic rings. The standard InChI is InChI=1S/C24H41N5O3.HI/c1-19-7-10-28(11-8-19)12-9-26-24(25-2)27-18-21(29-13-15-32-16-14-29)20-5-6-22(30-3)23(17-20)31-4;/h5-6,17,19,21H,7-16,18H2,1-4H3,(H2,25,26,27);1H. The summed E-state index contributed by atoms with van der Waals surface area (Å²) in [5, 5.41) is 7.03. The molecule has 2 aliphatic rings. The third kappa shape index (κ3) is 8.45. The first-order valence-corrected chi connectivity index (χ1v) is 11.8. The van der Waals surface area contributed by atoms with E-state index in [0.29, 0.717) is 0 Å². The van der Waals surface area contributed by atoms with Gasteiger partial charge < -0.3 is 29.7 Å². The highest BCUT2D eigenvalue weighted by atomic mass is 127. The van der Waals surface area contributed by atoms with Gasteiger partial charge in [-0.05, 0) is 49.5 Å². The molecule has 2 aliphatic heterocycles. The van der Waals surface area contributed by atoms with Gasteiger partial charge in [0.2, 0.25) is 0 Å². The van der Waals surface area contributed by atoms with E-state index in [2.05, 4.69) is 44.5 Å². The number of halogens is 1. The zero-order valence-corrected chi connectivity index (χ0v) is 23.0. The summed E-state index contributed by atoms with van der Waals surface area (Å²) in [6.07, 6.45) is 2.61. The molecule has 0 aliphatic carbocycles. The van der Waals surface area contributed by atoms with Crippen LogP contribution in [-0.2, 0) is 4.74 Å². The number of piperidine rings is 1. The van der Waals surface area contributed by atoms with Gasteiger partial charge in [-0.3, -0.25) is 9.89 Å². The first kappa shape index (κ1) is 27.9. The number of guanidine groups is 1. The van der Waals surface area contributed by atoms with Crippen LogP contribution in [0.15, 0.2) is 23.2 Å². The molecule has 0 amide bonds. The van der Waals surface area contributed by atoms with Gasteiger partial charge in [-0.25, -0.2) is 0 Å². The van der Waals surface area contributed by atoms with Crippen LogP contribution in [0, 0.1) is 5.92 Å². The number of methoxy groups -OCH3 is 2. The van der Waals surface area contributed by atoms with Gasteiger partial charge in [0.25, 0.3) is 0 Å². The van der Waals surface area contributed by atoms with Crippen LogP contribution in [0.3, 0.4) is 0 Å². The van der Waals surface area contributed by atoms with Crippen molar-refractivity contribution in [3.63, 3.8) is 0 Å². The lowest BCUT2D eigenvalue weighted by Gasteiger charge is -2.35. The zero-order chi connectivity index (χ0) is 22.8. The van der Waals surface area contributed by atoms with E-state index in [1.807, 2.05) is 13.1 Å². The van der Waals surface area contributed by atoms with Crippen LogP contribution in [-0.4, -0.2) is 96.1 Å². The molecule has 188 valence electrons. The van der Waals surface area contributed by atoms with Gasteiger partial charge in [0.15, 0.2) is 17.5 Å². The lowest BCUT2D eigenvalue weighted by atomic mass is 9.99. The summed E-state index contributed by atoms with van der Waals surface area (Å²) in [6, 6.07) is 6.36. The van der Waals surface area contributed by atoms with Crippen molar-refractivity contribution in [1.82, 2.24) is 20.4 Å². The van der Waals surface area contributed by atoms with E-state index in [1.54, 1.807) is 14.2 Å². The van der Waals surface area contributed by atoms with Gasteiger partial charge in [0.1, 0.15) is 0 Å². The zero-order valence-electron chi connectivity index (χ0n) is 20.6. The monoisotopic (exact) mass is 575 g/mol. The molecule has 1 aromatic carbocycles. The summed E-state index contributed by atoms with van der Waals surface area (Å²) >= 11 is 0. The van der Waals surface area contributed by atoms with Crippen LogP contribution in [0.4, 0.5) is 0 Å². The molecule has 0 bridgehead atoms. The van der Waals surface area contributed by atoms with E-state index in [1.165, 1.54) is 31.5 Å². The predicted octanol–water partition coefficient (Wildman–Crippen LogP) is 2.59. The molecule has 0 spiro atoms. The molecule has 2 N–H and O–H groups in total. The Balaban J connectivity index is 0.00000385. The smallest absolute Gasteiger partial charge is 0.191 e. The van der Waals surface area contributed by atoms with Crippen molar-refractivity contribution in [3.05, 3.63) is 23.8 Å². The maximum absolute atomic E-state index is 5.58. The number of morpholine rings is 1. The van der Waals surface area contributed by atoms with Crippen molar-refractivity contribution >= 4 is 29.9 Å². The van der Waals surface area contributed by atoms with Crippen LogP contribution >= 0.6 is 24.0 Å². The van der Waals surface area contributed by atoms with Crippen molar-refractivity contribution < 1.29 is 14.2 Å². The molecule has 2 saturated heterocycles. The van der Waals surface area contributed by atoms with Crippen LogP contribution in [0.25, 0.3) is 0 Å². The number of hydrogen-bond acceptors (Lipinski definition) is 6. The Kier molecular flexibility index (Phi) is 12.6. The third-order valence-corrected chi connectivity index (χ3v) is 6.56. The Hall–Kier alpha value is -1.30.